The Labute approximate surface area is 195 Å². The maximum absolute atomic E-state index is 13.1. The summed E-state index contributed by atoms with van der Waals surface area (Å²) < 4.78 is 24.5. The van der Waals surface area contributed by atoms with Crippen molar-refractivity contribution < 1.29 is 23.7 Å². The average molecular weight is 447 g/mol. The molecular formula is C28H30O5. The molecule has 3 aromatic carbocycles. The Bertz CT molecular complexity index is 977. The highest BCUT2D eigenvalue weighted by Crippen LogP contribution is 2.29. The Kier molecular flexibility index (Phi) is 8.39. The molecule has 0 spiro atoms. The highest BCUT2D eigenvalue weighted by Gasteiger charge is 2.47. The zero-order valence-corrected chi connectivity index (χ0v) is 18.8. The summed E-state index contributed by atoms with van der Waals surface area (Å²) in [6, 6.07) is 29.7. The smallest absolute Gasteiger partial charge is 0.167 e. The third-order valence-corrected chi connectivity index (χ3v) is 5.85. The van der Waals surface area contributed by atoms with E-state index in [1.54, 1.807) is 7.11 Å². The van der Waals surface area contributed by atoms with Gasteiger partial charge in [-0.15, -0.1) is 0 Å². The number of carbonyl (C=O) groups is 1. The van der Waals surface area contributed by atoms with Gasteiger partial charge in [0.15, 0.2) is 5.78 Å². The van der Waals surface area contributed by atoms with Crippen molar-refractivity contribution in [1.29, 1.82) is 0 Å². The molecule has 0 radical (unpaired) electrons. The van der Waals surface area contributed by atoms with Crippen molar-refractivity contribution in [2.45, 2.75) is 50.7 Å². The quantitative estimate of drug-likeness (QED) is 0.451. The number of rotatable bonds is 10. The van der Waals surface area contributed by atoms with E-state index in [-0.39, 0.29) is 12.2 Å². The van der Waals surface area contributed by atoms with Gasteiger partial charge in [0.05, 0.1) is 25.9 Å². The summed E-state index contributed by atoms with van der Waals surface area (Å²) in [6.07, 6.45) is -1.96. The molecule has 0 unspecified atom stereocenters. The van der Waals surface area contributed by atoms with Crippen LogP contribution in [-0.4, -0.2) is 37.3 Å². The minimum absolute atomic E-state index is 0.0320. The first kappa shape index (κ1) is 23.3. The molecule has 0 amide bonds. The van der Waals surface area contributed by atoms with Crippen molar-refractivity contribution in [3.63, 3.8) is 0 Å². The average Bonchev–Trinajstić information content (AvgIpc) is 2.87. The third kappa shape index (κ3) is 6.36. The SMILES string of the molecule is CO[C@H]1CC(=O)[C@@H](OCc2ccccc2)[C@H](OCc2ccccc2)[C@H]1OCc1ccccc1. The molecule has 4 atom stereocenters. The van der Waals surface area contributed by atoms with Gasteiger partial charge in [-0.05, 0) is 16.7 Å². The lowest BCUT2D eigenvalue weighted by Gasteiger charge is -2.40. The molecule has 5 nitrogen and oxygen atoms in total. The number of hydrogen-bond donors (Lipinski definition) is 0. The van der Waals surface area contributed by atoms with Crippen molar-refractivity contribution in [3.05, 3.63) is 108 Å². The predicted octanol–water partition coefficient (Wildman–Crippen LogP) is 4.73. The molecule has 0 aromatic heterocycles. The molecule has 33 heavy (non-hydrogen) atoms. The Morgan fingerprint density at radius 2 is 1.06 bits per heavy atom. The summed E-state index contributed by atoms with van der Waals surface area (Å²) in [5.41, 5.74) is 3.07. The number of Topliss-reactive ketones (excluding diaryl/α,β-unsaturated/α-hetero) is 1. The van der Waals surface area contributed by atoms with Crippen LogP contribution in [0.4, 0.5) is 0 Å². The zero-order valence-electron chi connectivity index (χ0n) is 18.8. The summed E-state index contributed by atoms with van der Waals surface area (Å²) in [5, 5.41) is 0. The largest absolute Gasteiger partial charge is 0.378 e. The second-order valence-electron chi connectivity index (χ2n) is 8.18. The van der Waals surface area contributed by atoms with Crippen molar-refractivity contribution in [1.82, 2.24) is 0 Å². The summed E-state index contributed by atoms with van der Waals surface area (Å²) >= 11 is 0. The van der Waals surface area contributed by atoms with Gasteiger partial charge in [0.1, 0.15) is 18.3 Å². The molecule has 0 aliphatic heterocycles. The van der Waals surface area contributed by atoms with Crippen LogP contribution in [0.1, 0.15) is 23.1 Å². The van der Waals surface area contributed by atoms with E-state index in [4.69, 9.17) is 18.9 Å². The van der Waals surface area contributed by atoms with Crippen LogP contribution in [0.5, 0.6) is 0 Å². The summed E-state index contributed by atoms with van der Waals surface area (Å²) in [4.78, 5) is 13.1. The Balaban J connectivity index is 1.54. The van der Waals surface area contributed by atoms with Crippen LogP contribution in [0.25, 0.3) is 0 Å². The number of carbonyl (C=O) groups excluding carboxylic acids is 1. The van der Waals surface area contributed by atoms with Gasteiger partial charge < -0.3 is 18.9 Å². The zero-order chi connectivity index (χ0) is 22.9. The van der Waals surface area contributed by atoms with E-state index in [2.05, 4.69) is 0 Å². The van der Waals surface area contributed by atoms with E-state index in [1.165, 1.54) is 0 Å². The number of ketones is 1. The Hall–Kier alpha value is -2.83. The lowest BCUT2D eigenvalue weighted by Crippen LogP contribution is -2.57. The monoisotopic (exact) mass is 446 g/mol. The number of methoxy groups -OCH3 is 1. The van der Waals surface area contributed by atoms with E-state index in [0.717, 1.165) is 16.7 Å². The van der Waals surface area contributed by atoms with E-state index < -0.39 is 24.4 Å². The Morgan fingerprint density at radius 1 is 0.636 bits per heavy atom. The topological polar surface area (TPSA) is 54.0 Å². The van der Waals surface area contributed by atoms with Crippen LogP contribution in [-0.2, 0) is 43.6 Å². The van der Waals surface area contributed by atoms with Gasteiger partial charge in [-0.2, -0.15) is 0 Å². The van der Waals surface area contributed by atoms with Crippen molar-refractivity contribution in [2.75, 3.05) is 7.11 Å². The van der Waals surface area contributed by atoms with Crippen LogP contribution in [0.2, 0.25) is 0 Å². The second-order valence-corrected chi connectivity index (χ2v) is 8.18. The minimum Gasteiger partial charge on any atom is -0.378 e. The van der Waals surface area contributed by atoms with Gasteiger partial charge in [-0.25, -0.2) is 0 Å². The molecule has 4 rings (SSSR count). The first-order chi connectivity index (χ1) is 16.2. The number of benzene rings is 3. The maximum Gasteiger partial charge on any atom is 0.167 e. The number of hydrogen-bond acceptors (Lipinski definition) is 5. The molecule has 3 aromatic rings. The van der Waals surface area contributed by atoms with Crippen molar-refractivity contribution in [2.24, 2.45) is 0 Å². The molecule has 1 aliphatic carbocycles. The standard InChI is InChI=1S/C28H30O5/c1-30-25-17-24(29)26(31-18-21-11-5-2-6-12-21)28(33-20-23-15-9-4-10-16-23)27(25)32-19-22-13-7-3-8-14-22/h2-16,25-28H,17-20H2,1H3/t25-,26+,27-,28-/m0/s1. The molecule has 172 valence electrons. The molecule has 0 heterocycles. The van der Waals surface area contributed by atoms with Crippen LogP contribution in [0.3, 0.4) is 0 Å². The first-order valence-corrected chi connectivity index (χ1v) is 11.3. The van der Waals surface area contributed by atoms with Gasteiger partial charge in [0.25, 0.3) is 0 Å². The lowest BCUT2D eigenvalue weighted by atomic mass is 9.87. The van der Waals surface area contributed by atoms with Gasteiger partial charge in [0.2, 0.25) is 0 Å². The third-order valence-electron chi connectivity index (χ3n) is 5.85. The maximum atomic E-state index is 13.1. The molecule has 0 bridgehead atoms. The lowest BCUT2D eigenvalue weighted by molar-refractivity contribution is -0.205. The van der Waals surface area contributed by atoms with Crippen molar-refractivity contribution >= 4 is 5.78 Å². The predicted molar refractivity (Wildman–Crippen MR) is 125 cm³/mol. The van der Waals surface area contributed by atoms with Gasteiger partial charge in [-0.1, -0.05) is 91.0 Å². The molecule has 5 heteroatoms. The van der Waals surface area contributed by atoms with E-state index in [9.17, 15) is 4.79 Å². The van der Waals surface area contributed by atoms with Crippen molar-refractivity contribution in [3.8, 4) is 0 Å². The van der Waals surface area contributed by atoms with E-state index in [0.29, 0.717) is 19.8 Å². The van der Waals surface area contributed by atoms with E-state index >= 15 is 0 Å². The molecular weight excluding hydrogens is 416 g/mol. The molecule has 1 aliphatic rings. The van der Waals surface area contributed by atoms with Crippen LogP contribution in [0.15, 0.2) is 91.0 Å². The van der Waals surface area contributed by atoms with Gasteiger partial charge >= 0.3 is 0 Å². The highest BCUT2D eigenvalue weighted by atomic mass is 16.6. The fourth-order valence-corrected chi connectivity index (χ4v) is 4.08. The van der Waals surface area contributed by atoms with E-state index in [1.807, 2.05) is 91.0 Å². The normalized spacial score (nSPS) is 22.9. The highest BCUT2D eigenvalue weighted by molar-refractivity contribution is 5.85. The van der Waals surface area contributed by atoms with Crippen LogP contribution in [0, 0.1) is 0 Å². The molecule has 0 N–H and O–H groups in total. The fourth-order valence-electron chi connectivity index (χ4n) is 4.08. The van der Waals surface area contributed by atoms with Gasteiger partial charge in [-0.3, -0.25) is 4.79 Å². The minimum atomic E-state index is -0.735. The van der Waals surface area contributed by atoms with Crippen LogP contribution >= 0.6 is 0 Å². The Morgan fingerprint density at radius 3 is 1.52 bits per heavy atom. The number of ether oxygens (including phenoxy) is 4. The molecule has 1 fully saturated rings. The van der Waals surface area contributed by atoms with Crippen LogP contribution < -0.4 is 0 Å². The fraction of sp³-hybridized carbons (Fsp3) is 0.321. The van der Waals surface area contributed by atoms with Gasteiger partial charge in [0, 0.05) is 13.5 Å². The summed E-state index contributed by atoms with van der Waals surface area (Å²) in [6.45, 7) is 1.08. The first-order valence-electron chi connectivity index (χ1n) is 11.3. The summed E-state index contributed by atoms with van der Waals surface area (Å²) in [5.74, 6) is -0.0320. The molecule has 0 saturated heterocycles. The molecule has 1 saturated carbocycles. The second kappa shape index (κ2) is 11.9. The summed E-state index contributed by atoms with van der Waals surface area (Å²) in [7, 11) is 1.61.